The summed E-state index contributed by atoms with van der Waals surface area (Å²) in [4.78, 5) is 43.0. The normalized spacial score (nSPS) is 20.8. The Morgan fingerprint density at radius 1 is 1.26 bits per heavy atom. The summed E-state index contributed by atoms with van der Waals surface area (Å²) >= 11 is 0. The highest BCUT2D eigenvalue weighted by molar-refractivity contribution is 5.93. The summed E-state index contributed by atoms with van der Waals surface area (Å²) in [6.07, 6.45) is 3.27. The monoisotopic (exact) mass is 430 g/mol. The number of nitrogens with zero attached hydrogens (tertiary/aromatic N) is 2. The molecule has 1 aromatic rings. The fraction of sp³-hybridized carbons (Fsp3) is 0.524. The van der Waals surface area contributed by atoms with E-state index in [2.05, 4.69) is 15.6 Å². The SMILES string of the molecule is NC(N)=NCCC[C@H](NC(=O)[C@@H]1CCCN1C(=O)[C@H]1CCc2ccccc2N1)C(=O)O. The summed E-state index contributed by atoms with van der Waals surface area (Å²) in [6.45, 7) is 0.768. The molecule has 0 aromatic heterocycles. The largest absolute Gasteiger partial charge is 0.480 e. The Kier molecular flexibility index (Phi) is 7.32. The number of anilines is 1. The zero-order valence-corrected chi connectivity index (χ0v) is 17.4. The maximum absolute atomic E-state index is 13.1. The zero-order valence-electron chi connectivity index (χ0n) is 17.4. The lowest BCUT2D eigenvalue weighted by molar-refractivity contribution is -0.144. The molecule has 3 rings (SSSR count). The van der Waals surface area contributed by atoms with Gasteiger partial charge in [-0.25, -0.2) is 4.79 Å². The molecule has 0 saturated carbocycles. The van der Waals surface area contributed by atoms with Crippen LogP contribution in [0.2, 0.25) is 0 Å². The van der Waals surface area contributed by atoms with Gasteiger partial charge >= 0.3 is 5.97 Å². The van der Waals surface area contributed by atoms with Gasteiger partial charge in [0, 0.05) is 18.8 Å². The second-order valence-electron chi connectivity index (χ2n) is 7.93. The van der Waals surface area contributed by atoms with Crippen molar-refractivity contribution >= 4 is 29.4 Å². The fourth-order valence-corrected chi connectivity index (χ4v) is 4.16. The molecular formula is C21H30N6O4. The lowest BCUT2D eigenvalue weighted by atomic mass is 9.97. The molecule has 0 aliphatic carbocycles. The summed E-state index contributed by atoms with van der Waals surface area (Å²) in [5.41, 5.74) is 12.6. The number of guanidine groups is 1. The van der Waals surface area contributed by atoms with Crippen molar-refractivity contribution in [2.45, 2.75) is 56.7 Å². The molecule has 10 heteroatoms. The second kappa shape index (κ2) is 10.1. The molecule has 7 N–H and O–H groups in total. The van der Waals surface area contributed by atoms with Crippen LogP contribution in [0.3, 0.4) is 0 Å². The molecule has 0 bridgehead atoms. The first-order valence-corrected chi connectivity index (χ1v) is 10.6. The summed E-state index contributed by atoms with van der Waals surface area (Å²) in [7, 11) is 0. The number of benzene rings is 1. The number of nitrogens with one attached hydrogen (secondary N) is 2. The highest BCUT2D eigenvalue weighted by Gasteiger charge is 2.39. The molecule has 2 heterocycles. The first-order valence-electron chi connectivity index (χ1n) is 10.6. The molecule has 2 aliphatic heterocycles. The minimum atomic E-state index is -1.13. The van der Waals surface area contributed by atoms with E-state index in [1.54, 1.807) is 4.90 Å². The Morgan fingerprint density at radius 3 is 2.77 bits per heavy atom. The van der Waals surface area contributed by atoms with E-state index in [0.29, 0.717) is 32.2 Å². The molecular weight excluding hydrogens is 400 g/mol. The predicted molar refractivity (Wildman–Crippen MR) is 116 cm³/mol. The number of amides is 2. The molecule has 0 spiro atoms. The van der Waals surface area contributed by atoms with Crippen molar-refractivity contribution in [1.82, 2.24) is 10.2 Å². The first-order chi connectivity index (χ1) is 14.9. The maximum atomic E-state index is 13.1. The number of carboxylic acid groups (broad SMARTS) is 1. The second-order valence-corrected chi connectivity index (χ2v) is 7.93. The predicted octanol–water partition coefficient (Wildman–Crippen LogP) is 0.0273. The van der Waals surface area contributed by atoms with Gasteiger partial charge in [0.15, 0.2) is 5.96 Å². The molecule has 0 radical (unpaired) electrons. The van der Waals surface area contributed by atoms with Crippen LogP contribution in [-0.4, -0.2) is 65.0 Å². The van der Waals surface area contributed by atoms with E-state index in [1.165, 1.54) is 5.56 Å². The van der Waals surface area contributed by atoms with E-state index in [0.717, 1.165) is 12.1 Å². The van der Waals surface area contributed by atoms with Crippen molar-refractivity contribution in [2.75, 3.05) is 18.4 Å². The number of para-hydroxylation sites is 1. The van der Waals surface area contributed by atoms with Crippen LogP contribution >= 0.6 is 0 Å². The molecule has 3 atom stereocenters. The zero-order chi connectivity index (χ0) is 22.4. The van der Waals surface area contributed by atoms with E-state index in [1.807, 2.05) is 24.3 Å². The average molecular weight is 431 g/mol. The van der Waals surface area contributed by atoms with Crippen molar-refractivity contribution < 1.29 is 19.5 Å². The third kappa shape index (κ3) is 5.65. The summed E-state index contributed by atoms with van der Waals surface area (Å²) in [5, 5.41) is 15.3. The number of aryl methyl sites for hydroxylation is 1. The van der Waals surface area contributed by atoms with Gasteiger partial charge in [-0.1, -0.05) is 18.2 Å². The Labute approximate surface area is 181 Å². The Bertz CT molecular complexity index is 854. The van der Waals surface area contributed by atoms with Crippen molar-refractivity contribution in [1.29, 1.82) is 0 Å². The van der Waals surface area contributed by atoms with Crippen LogP contribution in [0, 0.1) is 0 Å². The van der Waals surface area contributed by atoms with E-state index in [4.69, 9.17) is 11.5 Å². The number of likely N-dealkylation sites (tertiary alicyclic amines) is 1. The number of fused-ring (bicyclic) bond motifs is 1. The quantitative estimate of drug-likeness (QED) is 0.221. The molecule has 1 aromatic carbocycles. The summed E-state index contributed by atoms with van der Waals surface area (Å²) in [6, 6.07) is 5.77. The van der Waals surface area contributed by atoms with E-state index >= 15 is 0 Å². The number of carboxylic acids is 1. The van der Waals surface area contributed by atoms with Crippen molar-refractivity contribution in [3.8, 4) is 0 Å². The van der Waals surface area contributed by atoms with Crippen molar-refractivity contribution in [3.63, 3.8) is 0 Å². The fourth-order valence-electron chi connectivity index (χ4n) is 4.16. The minimum Gasteiger partial charge on any atom is -0.480 e. The molecule has 0 unspecified atom stereocenters. The van der Waals surface area contributed by atoms with Crippen LogP contribution in [0.4, 0.5) is 5.69 Å². The topological polar surface area (TPSA) is 163 Å². The number of aliphatic carboxylic acids is 1. The molecule has 31 heavy (non-hydrogen) atoms. The Morgan fingerprint density at radius 2 is 2.03 bits per heavy atom. The van der Waals surface area contributed by atoms with E-state index in [9.17, 15) is 19.5 Å². The lowest BCUT2D eigenvalue weighted by Crippen LogP contribution is -2.54. The third-order valence-corrected chi connectivity index (χ3v) is 5.75. The van der Waals surface area contributed by atoms with Gasteiger partial charge < -0.3 is 32.1 Å². The molecule has 2 aliphatic rings. The summed E-state index contributed by atoms with van der Waals surface area (Å²) in [5.74, 6) is -1.74. The highest BCUT2D eigenvalue weighted by Crippen LogP contribution is 2.27. The minimum absolute atomic E-state index is 0.0602. The Hall–Kier alpha value is -3.30. The highest BCUT2D eigenvalue weighted by atomic mass is 16.4. The van der Waals surface area contributed by atoms with E-state index in [-0.39, 0.29) is 24.8 Å². The molecule has 168 valence electrons. The van der Waals surface area contributed by atoms with Gasteiger partial charge in [0.25, 0.3) is 0 Å². The number of nitrogens with two attached hydrogens (primary N) is 2. The smallest absolute Gasteiger partial charge is 0.326 e. The van der Waals surface area contributed by atoms with Gasteiger partial charge in [-0.2, -0.15) is 0 Å². The standard InChI is InChI=1S/C21H30N6O4/c22-21(23)24-11-3-7-16(20(30)31)26-18(28)17-8-4-12-27(17)19(29)15-10-9-13-5-1-2-6-14(13)25-15/h1-2,5-6,15-17,25H,3-4,7-12H2,(H,26,28)(H,30,31)(H4,22,23,24)/t15-,16+,17+/m1/s1. The number of rotatable bonds is 8. The van der Waals surface area contributed by atoms with Crippen LogP contribution in [0.15, 0.2) is 29.3 Å². The molecule has 1 saturated heterocycles. The van der Waals surface area contributed by atoms with Gasteiger partial charge in [-0.05, 0) is 50.2 Å². The van der Waals surface area contributed by atoms with Gasteiger partial charge in [-0.3, -0.25) is 14.6 Å². The Balaban J connectivity index is 1.59. The number of carbonyl (C=O) groups is 3. The number of hydrogen-bond donors (Lipinski definition) is 5. The van der Waals surface area contributed by atoms with Gasteiger partial charge in [0.2, 0.25) is 11.8 Å². The molecule has 2 amide bonds. The lowest BCUT2D eigenvalue weighted by Gasteiger charge is -2.32. The number of hydrogen-bond acceptors (Lipinski definition) is 5. The molecule has 1 fully saturated rings. The first kappa shape index (κ1) is 22.4. The number of aliphatic imine (C=N–C) groups is 1. The van der Waals surface area contributed by atoms with Crippen LogP contribution in [-0.2, 0) is 20.8 Å². The average Bonchev–Trinajstić information content (AvgIpc) is 3.24. The van der Waals surface area contributed by atoms with Crippen LogP contribution < -0.4 is 22.1 Å². The van der Waals surface area contributed by atoms with Crippen molar-refractivity contribution in [2.24, 2.45) is 16.5 Å². The van der Waals surface area contributed by atoms with Crippen LogP contribution in [0.1, 0.15) is 37.7 Å². The van der Waals surface area contributed by atoms with Gasteiger partial charge in [0.1, 0.15) is 18.1 Å². The molecule has 10 nitrogen and oxygen atoms in total. The van der Waals surface area contributed by atoms with Crippen LogP contribution in [0.25, 0.3) is 0 Å². The van der Waals surface area contributed by atoms with E-state index < -0.39 is 30.0 Å². The van der Waals surface area contributed by atoms with Gasteiger partial charge in [-0.15, -0.1) is 0 Å². The van der Waals surface area contributed by atoms with Crippen LogP contribution in [0.5, 0.6) is 0 Å². The van der Waals surface area contributed by atoms with Crippen molar-refractivity contribution in [3.05, 3.63) is 29.8 Å². The maximum Gasteiger partial charge on any atom is 0.326 e. The van der Waals surface area contributed by atoms with Gasteiger partial charge in [0.05, 0.1) is 0 Å². The third-order valence-electron chi connectivity index (χ3n) is 5.75. The summed E-state index contributed by atoms with van der Waals surface area (Å²) < 4.78 is 0. The number of carbonyl (C=O) groups excluding carboxylic acids is 2.